The molecule has 0 saturated heterocycles. The lowest BCUT2D eigenvalue weighted by Crippen LogP contribution is -2.01. The van der Waals surface area contributed by atoms with Crippen molar-refractivity contribution >= 4 is 11.6 Å². The molecule has 0 amide bonds. The van der Waals surface area contributed by atoms with E-state index >= 15 is 0 Å². The Kier molecular flexibility index (Phi) is 6.66. The fourth-order valence-corrected chi connectivity index (χ4v) is 4.78. The summed E-state index contributed by atoms with van der Waals surface area (Å²) in [6.07, 6.45) is 0. The number of aromatic nitrogens is 3. The van der Waals surface area contributed by atoms with Crippen molar-refractivity contribution in [1.82, 2.24) is 15.0 Å². The van der Waals surface area contributed by atoms with Crippen LogP contribution in [0.5, 0.6) is 0 Å². The standard InChI is InChI=1S/C34H21ClN4/c35-31-19-7-6-17-29(31)28-16-4-5-18-30(28)34-38-32(24-11-2-1-3-12-24)37-33(39-34)27-15-9-14-26(21-27)25-13-8-10-23(20-25)22-36/h1-21H. The summed E-state index contributed by atoms with van der Waals surface area (Å²) in [5.74, 6) is 1.71. The largest absolute Gasteiger partial charge is 0.208 e. The number of hydrogen-bond donors (Lipinski definition) is 0. The van der Waals surface area contributed by atoms with Crippen LogP contribution in [0.25, 0.3) is 56.4 Å². The molecule has 5 aromatic carbocycles. The Morgan fingerprint density at radius 2 is 1.00 bits per heavy atom. The molecule has 0 spiro atoms. The summed E-state index contributed by atoms with van der Waals surface area (Å²) >= 11 is 6.60. The Morgan fingerprint density at radius 3 is 1.74 bits per heavy atom. The van der Waals surface area contributed by atoms with Crippen LogP contribution >= 0.6 is 11.6 Å². The van der Waals surface area contributed by atoms with Gasteiger partial charge in [-0.1, -0.05) is 115 Å². The highest BCUT2D eigenvalue weighted by Crippen LogP contribution is 2.36. The summed E-state index contributed by atoms with van der Waals surface area (Å²) in [6.45, 7) is 0. The van der Waals surface area contributed by atoms with Crippen molar-refractivity contribution in [3.05, 3.63) is 138 Å². The number of benzene rings is 5. The zero-order valence-corrected chi connectivity index (χ0v) is 21.5. The Labute approximate surface area is 231 Å². The van der Waals surface area contributed by atoms with Crippen LogP contribution in [-0.2, 0) is 0 Å². The van der Waals surface area contributed by atoms with E-state index in [0.717, 1.165) is 38.9 Å². The third-order valence-corrected chi connectivity index (χ3v) is 6.77. The van der Waals surface area contributed by atoms with Gasteiger partial charge in [0.1, 0.15) is 0 Å². The first-order chi connectivity index (χ1) is 19.2. The molecule has 0 saturated carbocycles. The monoisotopic (exact) mass is 520 g/mol. The predicted molar refractivity (Wildman–Crippen MR) is 157 cm³/mol. The third kappa shape index (κ3) is 5.04. The first-order valence-electron chi connectivity index (χ1n) is 12.5. The molecule has 6 aromatic rings. The van der Waals surface area contributed by atoms with Gasteiger partial charge in [-0.05, 0) is 41.0 Å². The second-order valence-electron chi connectivity index (χ2n) is 8.97. The molecule has 184 valence electrons. The highest BCUT2D eigenvalue weighted by Gasteiger charge is 2.16. The topological polar surface area (TPSA) is 62.5 Å². The smallest absolute Gasteiger partial charge is 0.164 e. The van der Waals surface area contributed by atoms with Crippen LogP contribution in [0.3, 0.4) is 0 Å². The lowest BCUT2D eigenvalue weighted by molar-refractivity contribution is 1.07. The minimum absolute atomic E-state index is 0.561. The molecular weight excluding hydrogens is 500 g/mol. The molecule has 0 bridgehead atoms. The second-order valence-corrected chi connectivity index (χ2v) is 9.38. The maximum absolute atomic E-state index is 9.36. The number of nitriles is 1. The molecule has 0 aliphatic heterocycles. The predicted octanol–water partition coefficient (Wildman–Crippen LogP) is 8.73. The minimum Gasteiger partial charge on any atom is -0.208 e. The molecule has 0 radical (unpaired) electrons. The average molecular weight is 521 g/mol. The molecule has 39 heavy (non-hydrogen) atoms. The number of hydrogen-bond acceptors (Lipinski definition) is 4. The summed E-state index contributed by atoms with van der Waals surface area (Å²) < 4.78 is 0. The van der Waals surface area contributed by atoms with E-state index in [1.54, 1.807) is 6.07 Å². The van der Waals surface area contributed by atoms with Crippen molar-refractivity contribution in [2.24, 2.45) is 0 Å². The zero-order chi connectivity index (χ0) is 26.6. The van der Waals surface area contributed by atoms with Gasteiger partial charge in [-0.15, -0.1) is 0 Å². The highest BCUT2D eigenvalue weighted by atomic mass is 35.5. The first-order valence-corrected chi connectivity index (χ1v) is 12.8. The van der Waals surface area contributed by atoms with Gasteiger partial charge in [0.15, 0.2) is 17.5 Å². The normalized spacial score (nSPS) is 10.7. The minimum atomic E-state index is 0.561. The molecule has 4 nitrogen and oxygen atoms in total. The van der Waals surface area contributed by atoms with Gasteiger partial charge in [-0.25, -0.2) is 15.0 Å². The van der Waals surface area contributed by atoms with Crippen molar-refractivity contribution in [2.75, 3.05) is 0 Å². The van der Waals surface area contributed by atoms with E-state index in [-0.39, 0.29) is 0 Å². The van der Waals surface area contributed by atoms with Gasteiger partial charge in [0.25, 0.3) is 0 Å². The van der Waals surface area contributed by atoms with Crippen LogP contribution in [0.15, 0.2) is 127 Å². The van der Waals surface area contributed by atoms with E-state index < -0.39 is 0 Å². The summed E-state index contributed by atoms with van der Waals surface area (Å²) in [4.78, 5) is 14.8. The van der Waals surface area contributed by atoms with Gasteiger partial charge >= 0.3 is 0 Å². The SMILES string of the molecule is N#Cc1cccc(-c2cccc(-c3nc(-c4ccccc4)nc(-c4ccccc4-c4ccccc4Cl)n3)c2)c1. The molecule has 5 heteroatoms. The summed E-state index contributed by atoms with van der Waals surface area (Å²) in [5.41, 5.74) is 7.02. The Bertz CT molecular complexity index is 1840. The van der Waals surface area contributed by atoms with Gasteiger partial charge in [0.05, 0.1) is 11.6 Å². The molecule has 0 N–H and O–H groups in total. The second kappa shape index (κ2) is 10.7. The van der Waals surface area contributed by atoms with E-state index in [1.807, 2.05) is 121 Å². The Balaban J connectivity index is 1.54. The van der Waals surface area contributed by atoms with E-state index in [9.17, 15) is 5.26 Å². The van der Waals surface area contributed by atoms with Crippen molar-refractivity contribution < 1.29 is 0 Å². The van der Waals surface area contributed by atoms with Crippen molar-refractivity contribution in [2.45, 2.75) is 0 Å². The van der Waals surface area contributed by atoms with Crippen LogP contribution < -0.4 is 0 Å². The van der Waals surface area contributed by atoms with Gasteiger partial charge in [0.2, 0.25) is 0 Å². The molecule has 0 fully saturated rings. The van der Waals surface area contributed by atoms with Crippen LogP contribution in [-0.4, -0.2) is 15.0 Å². The van der Waals surface area contributed by atoms with E-state index in [2.05, 4.69) is 6.07 Å². The van der Waals surface area contributed by atoms with Crippen molar-refractivity contribution in [3.8, 4) is 62.5 Å². The van der Waals surface area contributed by atoms with Crippen molar-refractivity contribution in [3.63, 3.8) is 0 Å². The molecule has 0 unspecified atom stereocenters. The van der Waals surface area contributed by atoms with Crippen LogP contribution in [0.4, 0.5) is 0 Å². The fourth-order valence-electron chi connectivity index (χ4n) is 4.54. The van der Waals surface area contributed by atoms with Gasteiger partial charge < -0.3 is 0 Å². The molecule has 1 heterocycles. The molecule has 0 aliphatic rings. The maximum Gasteiger partial charge on any atom is 0.164 e. The number of rotatable bonds is 5. The Hall–Kier alpha value is -5.11. The summed E-state index contributed by atoms with van der Waals surface area (Å²) in [5, 5.41) is 10.0. The highest BCUT2D eigenvalue weighted by molar-refractivity contribution is 6.33. The molecule has 6 rings (SSSR count). The first kappa shape index (κ1) is 24.2. The van der Waals surface area contributed by atoms with Gasteiger partial charge in [-0.3, -0.25) is 0 Å². The molecule has 1 aromatic heterocycles. The fraction of sp³-hybridized carbons (Fsp3) is 0. The average Bonchev–Trinajstić information content (AvgIpc) is 3.01. The quantitative estimate of drug-likeness (QED) is 0.228. The van der Waals surface area contributed by atoms with E-state index in [1.165, 1.54) is 0 Å². The number of nitrogens with zero attached hydrogens (tertiary/aromatic N) is 4. The van der Waals surface area contributed by atoms with Crippen LogP contribution in [0, 0.1) is 11.3 Å². The van der Waals surface area contributed by atoms with E-state index in [0.29, 0.717) is 28.1 Å². The van der Waals surface area contributed by atoms with Gasteiger partial charge in [-0.2, -0.15) is 5.26 Å². The van der Waals surface area contributed by atoms with Gasteiger partial charge in [0, 0.05) is 27.3 Å². The third-order valence-electron chi connectivity index (χ3n) is 6.45. The summed E-state index contributed by atoms with van der Waals surface area (Å²) in [6, 6.07) is 43.5. The molecular formula is C34H21ClN4. The van der Waals surface area contributed by atoms with Crippen LogP contribution in [0.1, 0.15) is 5.56 Å². The summed E-state index contributed by atoms with van der Waals surface area (Å²) in [7, 11) is 0. The molecule has 0 atom stereocenters. The number of halogens is 1. The lowest BCUT2D eigenvalue weighted by Gasteiger charge is -2.13. The lowest BCUT2D eigenvalue weighted by atomic mass is 9.98. The van der Waals surface area contributed by atoms with Crippen molar-refractivity contribution in [1.29, 1.82) is 5.26 Å². The molecule has 0 aliphatic carbocycles. The zero-order valence-electron chi connectivity index (χ0n) is 20.8. The van der Waals surface area contributed by atoms with Crippen LogP contribution in [0.2, 0.25) is 5.02 Å². The maximum atomic E-state index is 9.36. The van der Waals surface area contributed by atoms with E-state index in [4.69, 9.17) is 26.6 Å². The Morgan fingerprint density at radius 1 is 0.462 bits per heavy atom.